The third-order valence-electron chi connectivity index (χ3n) is 2.73. The Hall–Kier alpha value is -1.60. The number of aromatic nitrogens is 2. The predicted octanol–water partition coefficient (Wildman–Crippen LogP) is 3.29. The van der Waals surface area contributed by atoms with Crippen molar-refractivity contribution in [2.24, 2.45) is 7.05 Å². The zero-order valence-electron chi connectivity index (χ0n) is 10.3. The molecule has 0 atom stereocenters. The summed E-state index contributed by atoms with van der Waals surface area (Å²) in [4.78, 5) is 11.1. The molecule has 0 fully saturated rings. The summed E-state index contributed by atoms with van der Waals surface area (Å²) in [6.07, 6.45) is 1.28. The molecule has 0 saturated carbocycles. The van der Waals surface area contributed by atoms with Gasteiger partial charge >= 0.3 is 5.97 Å². The number of nitrogens with zero attached hydrogens (tertiary/aromatic N) is 2. The van der Waals surface area contributed by atoms with Gasteiger partial charge in [0.25, 0.3) is 0 Å². The number of halogens is 3. The van der Waals surface area contributed by atoms with E-state index in [2.05, 4.69) is 26.3 Å². The Labute approximate surface area is 127 Å². The van der Waals surface area contributed by atoms with E-state index in [9.17, 15) is 9.18 Å². The molecule has 20 heavy (non-hydrogen) atoms. The number of aromatic carboxylic acids is 1. The van der Waals surface area contributed by atoms with Crippen molar-refractivity contribution in [3.05, 3.63) is 44.9 Å². The number of carboxylic acid groups (broad SMARTS) is 1. The van der Waals surface area contributed by atoms with Crippen LogP contribution in [0.25, 0.3) is 0 Å². The first-order valence-corrected chi connectivity index (χ1v) is 6.70. The Kier molecular flexibility index (Phi) is 4.29. The van der Waals surface area contributed by atoms with E-state index in [1.807, 2.05) is 0 Å². The third kappa shape index (κ3) is 2.94. The van der Waals surface area contributed by atoms with E-state index in [0.29, 0.717) is 15.9 Å². The van der Waals surface area contributed by atoms with Crippen molar-refractivity contribution in [3.63, 3.8) is 0 Å². The summed E-state index contributed by atoms with van der Waals surface area (Å²) in [5, 5.41) is 16.1. The molecule has 8 heteroatoms. The van der Waals surface area contributed by atoms with E-state index >= 15 is 0 Å². The molecule has 0 radical (unpaired) electrons. The van der Waals surface area contributed by atoms with Gasteiger partial charge in [-0.3, -0.25) is 4.68 Å². The third-order valence-corrected chi connectivity index (χ3v) is 3.65. The Morgan fingerprint density at radius 3 is 2.90 bits per heavy atom. The minimum Gasteiger partial charge on any atom is -0.478 e. The fraction of sp³-hybridized carbons (Fsp3) is 0.167. The van der Waals surface area contributed by atoms with Crippen LogP contribution in [-0.4, -0.2) is 20.9 Å². The highest BCUT2D eigenvalue weighted by Crippen LogP contribution is 2.32. The number of benzene rings is 1. The Bertz CT molecular complexity index is 652. The standard InChI is InChI=1S/C12H10BrClFN3O2/c1-18-10(7(4-17-18)12(19)20)5-16-11-8(13)2-6(15)3-9(11)14/h2-4,16H,5H2,1H3,(H,19,20). The number of carbonyl (C=O) groups is 1. The smallest absolute Gasteiger partial charge is 0.339 e. The molecule has 0 spiro atoms. The average Bonchev–Trinajstić information content (AvgIpc) is 2.69. The SMILES string of the molecule is Cn1ncc(C(=O)O)c1CNc1c(Cl)cc(F)cc1Br. The summed E-state index contributed by atoms with van der Waals surface area (Å²) in [5.41, 5.74) is 1.09. The maximum atomic E-state index is 13.1. The van der Waals surface area contributed by atoms with E-state index in [-0.39, 0.29) is 17.1 Å². The van der Waals surface area contributed by atoms with Crippen molar-refractivity contribution in [3.8, 4) is 0 Å². The summed E-state index contributed by atoms with van der Waals surface area (Å²) < 4.78 is 15.0. The van der Waals surface area contributed by atoms with E-state index in [1.54, 1.807) is 7.05 Å². The Morgan fingerprint density at radius 1 is 1.60 bits per heavy atom. The zero-order chi connectivity index (χ0) is 14.9. The number of carboxylic acids is 1. The molecular formula is C12H10BrClFN3O2. The second kappa shape index (κ2) is 5.80. The largest absolute Gasteiger partial charge is 0.478 e. The Morgan fingerprint density at radius 2 is 2.30 bits per heavy atom. The van der Waals surface area contributed by atoms with Crippen LogP contribution in [0.1, 0.15) is 16.1 Å². The molecule has 0 bridgehead atoms. The van der Waals surface area contributed by atoms with Gasteiger partial charge in [0.05, 0.1) is 29.1 Å². The molecule has 2 rings (SSSR count). The van der Waals surface area contributed by atoms with Gasteiger partial charge in [0.1, 0.15) is 11.4 Å². The molecule has 1 aromatic heterocycles. The average molecular weight is 363 g/mol. The number of aryl methyl sites for hydroxylation is 1. The highest BCUT2D eigenvalue weighted by Gasteiger charge is 2.16. The molecule has 0 saturated heterocycles. The van der Waals surface area contributed by atoms with Crippen molar-refractivity contribution < 1.29 is 14.3 Å². The lowest BCUT2D eigenvalue weighted by Gasteiger charge is -2.11. The van der Waals surface area contributed by atoms with Crippen molar-refractivity contribution in [1.29, 1.82) is 0 Å². The van der Waals surface area contributed by atoms with Gasteiger partial charge in [-0.05, 0) is 28.1 Å². The van der Waals surface area contributed by atoms with Crippen LogP contribution in [0.3, 0.4) is 0 Å². The van der Waals surface area contributed by atoms with Gasteiger partial charge in [-0.15, -0.1) is 0 Å². The van der Waals surface area contributed by atoms with Gasteiger partial charge < -0.3 is 10.4 Å². The molecule has 106 valence electrons. The first kappa shape index (κ1) is 14.8. The second-order valence-corrected chi connectivity index (χ2v) is 5.29. The first-order valence-electron chi connectivity index (χ1n) is 5.52. The predicted molar refractivity (Wildman–Crippen MR) is 76.6 cm³/mol. The van der Waals surface area contributed by atoms with Gasteiger partial charge in [-0.2, -0.15) is 5.10 Å². The van der Waals surface area contributed by atoms with Crippen LogP contribution in [0, 0.1) is 5.82 Å². The number of hydrogen-bond donors (Lipinski definition) is 2. The zero-order valence-corrected chi connectivity index (χ0v) is 12.7. The Balaban J connectivity index is 2.26. The van der Waals surface area contributed by atoms with Gasteiger partial charge in [-0.25, -0.2) is 9.18 Å². The fourth-order valence-corrected chi connectivity index (χ4v) is 2.69. The number of hydrogen-bond acceptors (Lipinski definition) is 3. The quantitative estimate of drug-likeness (QED) is 0.876. The van der Waals surface area contributed by atoms with E-state index in [4.69, 9.17) is 16.7 Å². The number of rotatable bonds is 4. The summed E-state index contributed by atoms with van der Waals surface area (Å²) in [5.74, 6) is -1.52. The number of anilines is 1. The molecule has 5 nitrogen and oxygen atoms in total. The molecule has 2 N–H and O–H groups in total. The first-order chi connectivity index (χ1) is 9.40. The molecule has 0 amide bonds. The van der Waals surface area contributed by atoms with Crippen LogP contribution in [0.4, 0.5) is 10.1 Å². The minimum absolute atomic E-state index is 0.106. The lowest BCUT2D eigenvalue weighted by Crippen LogP contribution is -2.10. The number of nitrogens with one attached hydrogen (secondary N) is 1. The van der Waals surface area contributed by atoms with E-state index < -0.39 is 11.8 Å². The minimum atomic E-state index is -1.06. The molecular weight excluding hydrogens is 353 g/mol. The van der Waals surface area contributed by atoms with Crippen LogP contribution in [0.15, 0.2) is 22.8 Å². The lowest BCUT2D eigenvalue weighted by atomic mass is 10.2. The highest BCUT2D eigenvalue weighted by molar-refractivity contribution is 9.10. The molecule has 0 aliphatic rings. The second-order valence-electron chi connectivity index (χ2n) is 4.03. The molecule has 1 heterocycles. The maximum Gasteiger partial charge on any atom is 0.339 e. The molecule has 2 aromatic rings. The highest BCUT2D eigenvalue weighted by atomic mass is 79.9. The van der Waals surface area contributed by atoms with Crippen molar-refractivity contribution in [2.75, 3.05) is 5.32 Å². The molecule has 1 aromatic carbocycles. The monoisotopic (exact) mass is 361 g/mol. The molecule has 0 aliphatic carbocycles. The van der Waals surface area contributed by atoms with Crippen LogP contribution in [0.5, 0.6) is 0 Å². The van der Waals surface area contributed by atoms with Gasteiger partial charge in [0, 0.05) is 11.5 Å². The van der Waals surface area contributed by atoms with Crippen molar-refractivity contribution in [1.82, 2.24) is 9.78 Å². The topological polar surface area (TPSA) is 67.2 Å². The van der Waals surface area contributed by atoms with Gasteiger partial charge in [-0.1, -0.05) is 11.6 Å². The molecule has 0 unspecified atom stereocenters. The maximum absolute atomic E-state index is 13.1. The van der Waals surface area contributed by atoms with Gasteiger partial charge in [0.15, 0.2) is 0 Å². The van der Waals surface area contributed by atoms with Crippen LogP contribution >= 0.6 is 27.5 Å². The normalized spacial score (nSPS) is 10.6. The summed E-state index contributed by atoms with van der Waals surface area (Å²) >= 11 is 9.15. The van der Waals surface area contributed by atoms with Crippen LogP contribution in [-0.2, 0) is 13.6 Å². The van der Waals surface area contributed by atoms with Crippen LogP contribution < -0.4 is 5.32 Å². The summed E-state index contributed by atoms with van der Waals surface area (Å²) in [6.45, 7) is 0.197. The molecule has 0 aliphatic heterocycles. The van der Waals surface area contributed by atoms with Crippen molar-refractivity contribution >= 4 is 39.2 Å². The lowest BCUT2D eigenvalue weighted by molar-refractivity contribution is 0.0695. The van der Waals surface area contributed by atoms with E-state index in [1.165, 1.54) is 23.0 Å². The van der Waals surface area contributed by atoms with Crippen molar-refractivity contribution in [2.45, 2.75) is 6.54 Å². The van der Waals surface area contributed by atoms with E-state index in [0.717, 1.165) is 0 Å². The fourth-order valence-electron chi connectivity index (χ4n) is 1.73. The van der Waals surface area contributed by atoms with Crippen LogP contribution in [0.2, 0.25) is 5.02 Å². The summed E-state index contributed by atoms with van der Waals surface area (Å²) in [7, 11) is 1.64. The summed E-state index contributed by atoms with van der Waals surface area (Å²) in [6, 6.07) is 2.45. The van der Waals surface area contributed by atoms with Gasteiger partial charge in [0.2, 0.25) is 0 Å².